The number of rotatable bonds is 9. The molecule has 3 aromatic rings. The minimum absolute atomic E-state index is 0.0368. The summed E-state index contributed by atoms with van der Waals surface area (Å²) >= 11 is 5.99. The van der Waals surface area contributed by atoms with Crippen molar-refractivity contribution in [1.29, 1.82) is 0 Å². The maximum atomic E-state index is 14.4. The van der Waals surface area contributed by atoms with Crippen LogP contribution in [0.3, 0.4) is 0 Å². The second-order valence-corrected chi connectivity index (χ2v) is 15.0. The topological polar surface area (TPSA) is 147 Å². The van der Waals surface area contributed by atoms with Gasteiger partial charge in [-0.3, -0.25) is 4.79 Å². The number of ether oxygens (including phenoxy) is 3. The number of hydrogen-bond donors (Lipinski definition) is 3. The Bertz CT molecular complexity index is 1690. The van der Waals surface area contributed by atoms with Crippen molar-refractivity contribution in [3.63, 3.8) is 0 Å². The first-order valence-electron chi connectivity index (χ1n) is 16.6. The number of methoxy groups -OCH3 is 1. The number of aliphatic hydroxyl groups excluding tert-OH is 1. The molecule has 4 rings (SSSR count). The lowest BCUT2D eigenvalue weighted by molar-refractivity contribution is -0.00833. The number of carbonyl (C=O) groups excluding carboxylic acids is 2. The molecule has 0 radical (unpaired) electrons. The van der Waals surface area contributed by atoms with Gasteiger partial charge in [-0.2, -0.15) is 4.31 Å². The summed E-state index contributed by atoms with van der Waals surface area (Å²) in [6.45, 7) is 5.80. The highest BCUT2D eigenvalue weighted by Crippen LogP contribution is 2.29. The van der Waals surface area contributed by atoms with Gasteiger partial charge < -0.3 is 34.9 Å². The molecule has 0 saturated carbocycles. The molecule has 0 unspecified atom stereocenters. The van der Waals surface area contributed by atoms with Gasteiger partial charge in [-0.15, -0.1) is 0 Å². The van der Waals surface area contributed by atoms with E-state index in [-0.39, 0.29) is 42.2 Å². The van der Waals surface area contributed by atoms with Crippen molar-refractivity contribution in [2.75, 3.05) is 51.1 Å². The molecule has 3 aromatic carbocycles. The van der Waals surface area contributed by atoms with Crippen molar-refractivity contribution in [3.8, 4) is 11.5 Å². The summed E-state index contributed by atoms with van der Waals surface area (Å²) in [4.78, 5) is 28.9. The number of amides is 3. The fourth-order valence-electron chi connectivity index (χ4n) is 5.57. The van der Waals surface area contributed by atoms with Crippen molar-refractivity contribution in [2.45, 2.75) is 63.2 Å². The summed E-state index contributed by atoms with van der Waals surface area (Å²) in [5.41, 5.74) is 1.12. The average Bonchev–Trinajstić information content (AvgIpc) is 3.09. The van der Waals surface area contributed by atoms with E-state index in [4.69, 9.17) is 25.8 Å². The number of fused-ring (bicyclic) bond motifs is 1. The van der Waals surface area contributed by atoms with Crippen LogP contribution in [0, 0.1) is 5.92 Å². The summed E-state index contributed by atoms with van der Waals surface area (Å²) < 4.78 is 45.9. The second kappa shape index (κ2) is 17.9. The normalized spacial score (nSPS) is 19.9. The number of nitrogens with zero attached hydrogens (tertiary/aromatic N) is 2. The van der Waals surface area contributed by atoms with Gasteiger partial charge in [0, 0.05) is 49.1 Å². The summed E-state index contributed by atoms with van der Waals surface area (Å²) in [7, 11) is -0.801. The smallest absolute Gasteiger partial charge is 0.323 e. The molecule has 0 spiro atoms. The Labute approximate surface area is 299 Å². The van der Waals surface area contributed by atoms with Crippen LogP contribution in [0.5, 0.6) is 11.5 Å². The van der Waals surface area contributed by atoms with Gasteiger partial charge in [-0.05, 0) is 99.8 Å². The van der Waals surface area contributed by atoms with E-state index in [0.29, 0.717) is 40.9 Å². The van der Waals surface area contributed by atoms with E-state index in [9.17, 15) is 23.1 Å². The van der Waals surface area contributed by atoms with E-state index < -0.39 is 34.1 Å². The summed E-state index contributed by atoms with van der Waals surface area (Å²) in [6, 6.07) is 16.6. The fourth-order valence-corrected chi connectivity index (χ4v) is 6.88. The lowest BCUT2D eigenvalue weighted by atomic mass is 10.0. The van der Waals surface area contributed by atoms with Crippen molar-refractivity contribution in [3.05, 3.63) is 77.3 Å². The number of halogens is 1. The lowest BCUT2D eigenvalue weighted by Crippen LogP contribution is -2.48. The van der Waals surface area contributed by atoms with E-state index in [2.05, 4.69) is 10.6 Å². The van der Waals surface area contributed by atoms with Gasteiger partial charge in [0.1, 0.15) is 11.5 Å². The fraction of sp³-hybridized carbons (Fsp3) is 0.444. The van der Waals surface area contributed by atoms with Gasteiger partial charge in [0.2, 0.25) is 10.0 Å². The van der Waals surface area contributed by atoms with E-state index in [1.54, 1.807) is 56.5 Å². The number of urea groups is 1. The molecule has 1 heterocycles. The van der Waals surface area contributed by atoms with E-state index in [1.165, 1.54) is 40.5 Å². The number of hydrogen-bond acceptors (Lipinski definition) is 8. The summed E-state index contributed by atoms with van der Waals surface area (Å²) in [6.07, 6.45) is 1.37. The third-order valence-electron chi connectivity index (χ3n) is 8.62. The van der Waals surface area contributed by atoms with Crippen LogP contribution in [0.15, 0.2) is 71.6 Å². The number of likely N-dealkylation sites (N-methyl/N-ethyl adjacent to an activating group) is 1. The van der Waals surface area contributed by atoms with E-state index in [0.717, 1.165) is 12.8 Å². The molecular formula is C36H47ClN4O8S. The predicted molar refractivity (Wildman–Crippen MR) is 194 cm³/mol. The van der Waals surface area contributed by atoms with Crippen LogP contribution in [-0.2, 0) is 14.8 Å². The highest BCUT2D eigenvalue weighted by atomic mass is 35.5. The molecule has 14 heteroatoms. The van der Waals surface area contributed by atoms with Crippen molar-refractivity contribution < 1.29 is 37.3 Å². The van der Waals surface area contributed by atoms with Crippen LogP contribution in [0.25, 0.3) is 0 Å². The van der Waals surface area contributed by atoms with Crippen LogP contribution in [0.1, 0.15) is 50.4 Å². The highest BCUT2D eigenvalue weighted by Gasteiger charge is 2.32. The van der Waals surface area contributed by atoms with Gasteiger partial charge in [-0.25, -0.2) is 13.2 Å². The molecule has 4 atom stereocenters. The predicted octanol–water partition coefficient (Wildman–Crippen LogP) is 6.11. The molecule has 0 fully saturated rings. The number of sulfonamides is 1. The summed E-state index contributed by atoms with van der Waals surface area (Å²) in [5.74, 6) is 0.236. The molecule has 12 nitrogen and oxygen atoms in total. The molecule has 50 heavy (non-hydrogen) atoms. The zero-order valence-corrected chi connectivity index (χ0v) is 30.7. The molecule has 1 aliphatic heterocycles. The van der Waals surface area contributed by atoms with Crippen LogP contribution >= 0.6 is 11.6 Å². The number of anilines is 2. The third-order valence-corrected chi connectivity index (χ3v) is 10.7. The first-order valence-corrected chi connectivity index (χ1v) is 18.4. The van der Waals surface area contributed by atoms with Gasteiger partial charge in [0.25, 0.3) is 5.91 Å². The zero-order chi connectivity index (χ0) is 36.4. The van der Waals surface area contributed by atoms with Crippen LogP contribution in [0.2, 0.25) is 5.02 Å². The monoisotopic (exact) mass is 730 g/mol. The number of aliphatic hydroxyl groups is 1. The number of carbonyl (C=O) groups is 2. The molecule has 0 saturated heterocycles. The van der Waals surface area contributed by atoms with Gasteiger partial charge in [0.05, 0.1) is 42.4 Å². The Morgan fingerprint density at radius 3 is 2.38 bits per heavy atom. The minimum atomic E-state index is -3.86. The molecule has 0 aliphatic carbocycles. The first kappa shape index (κ1) is 38.9. The maximum absolute atomic E-state index is 14.4. The van der Waals surface area contributed by atoms with Crippen molar-refractivity contribution >= 4 is 44.9 Å². The minimum Gasteiger partial charge on any atom is -0.497 e. The van der Waals surface area contributed by atoms with Gasteiger partial charge in [-0.1, -0.05) is 18.5 Å². The number of benzene rings is 3. The average molecular weight is 731 g/mol. The summed E-state index contributed by atoms with van der Waals surface area (Å²) in [5, 5.41) is 16.2. The van der Waals surface area contributed by atoms with Crippen LogP contribution < -0.4 is 20.1 Å². The molecule has 1 aliphatic rings. The molecule has 0 aromatic heterocycles. The Hall–Kier alpha value is -3.88. The van der Waals surface area contributed by atoms with Crippen molar-refractivity contribution in [2.24, 2.45) is 5.92 Å². The van der Waals surface area contributed by atoms with E-state index in [1.807, 2.05) is 13.8 Å². The Morgan fingerprint density at radius 2 is 1.72 bits per heavy atom. The van der Waals surface area contributed by atoms with Crippen molar-refractivity contribution in [1.82, 2.24) is 9.21 Å². The van der Waals surface area contributed by atoms with Crippen LogP contribution in [-0.4, -0.2) is 93.4 Å². The second-order valence-electron chi connectivity index (χ2n) is 12.6. The maximum Gasteiger partial charge on any atom is 0.323 e. The SMILES string of the molecule is COc1ccc(NC(=O)Nc2ccc3c(c2)C(=O)N([C@@H](C)CO)C[C@H](C)[C@@H](CN(C)S(=O)(=O)c2ccc(Cl)cc2)OCCCC[C@H](C)O3)cc1. The van der Waals surface area contributed by atoms with Gasteiger partial charge >= 0.3 is 6.03 Å². The molecule has 272 valence electrons. The van der Waals surface area contributed by atoms with Crippen LogP contribution in [0.4, 0.5) is 16.2 Å². The Kier molecular flexibility index (Phi) is 13.9. The standard InChI is InChI=1S/C36H47ClN4O8S/c1-24-21-41(25(2)23-42)35(43)32-20-29(39-36(44)38-28-11-14-30(47-5)15-12-28)13-18-33(32)49-26(3)8-6-7-19-48-34(24)22-40(4)50(45,46)31-16-9-27(37)10-17-31/h9-18,20,24-26,34,42H,6-8,19,21-23H2,1-5H3,(H2,38,39,44)/t24-,25-,26-,34+/m0/s1. The molecular weight excluding hydrogens is 684 g/mol. The molecule has 0 bridgehead atoms. The zero-order valence-electron chi connectivity index (χ0n) is 29.1. The first-order chi connectivity index (χ1) is 23.8. The van der Waals surface area contributed by atoms with E-state index >= 15 is 0 Å². The Morgan fingerprint density at radius 1 is 1.06 bits per heavy atom. The highest BCUT2D eigenvalue weighted by molar-refractivity contribution is 7.89. The van der Waals surface area contributed by atoms with Gasteiger partial charge in [0.15, 0.2) is 0 Å². The lowest BCUT2D eigenvalue weighted by Gasteiger charge is -2.35. The molecule has 3 amide bonds. The largest absolute Gasteiger partial charge is 0.497 e. The quantitative estimate of drug-likeness (QED) is 0.239. The Balaban J connectivity index is 1.61. The third kappa shape index (κ3) is 10.3. The molecule has 3 N–H and O–H groups in total. The number of nitrogens with one attached hydrogen (secondary N) is 2.